The van der Waals surface area contributed by atoms with Crippen molar-refractivity contribution in [3.63, 3.8) is 0 Å². The van der Waals surface area contributed by atoms with Crippen LogP contribution >= 0.6 is 0 Å². The first kappa shape index (κ1) is 20.9. The van der Waals surface area contributed by atoms with Gasteiger partial charge in [0.15, 0.2) is 5.41 Å². The molecule has 1 fully saturated rings. The number of hydrogen-bond acceptors (Lipinski definition) is 4. The molecule has 0 saturated carbocycles. The molecule has 0 aromatic carbocycles. The maximum atomic E-state index is 14.0. The molecular weight excluding hydrogens is 360 g/mol. The van der Waals surface area contributed by atoms with Crippen LogP contribution in [-0.4, -0.2) is 47.3 Å². The van der Waals surface area contributed by atoms with E-state index in [4.69, 9.17) is 5.11 Å². The summed E-state index contributed by atoms with van der Waals surface area (Å²) in [5.74, 6) is -12.4. The number of esters is 1. The van der Waals surface area contributed by atoms with Gasteiger partial charge in [0.2, 0.25) is 5.60 Å². The monoisotopic (exact) mass is 374 g/mol. The second kappa shape index (κ2) is 5.41. The maximum Gasteiger partial charge on any atom is 0.449 e. The minimum Gasteiger partial charge on any atom is -0.450 e. The summed E-state index contributed by atoms with van der Waals surface area (Å²) in [6.45, 7) is -0.116. The molecule has 1 saturated heterocycles. The van der Waals surface area contributed by atoms with Gasteiger partial charge >= 0.3 is 30.0 Å². The van der Waals surface area contributed by atoms with E-state index in [-0.39, 0.29) is 6.92 Å². The highest BCUT2D eigenvalue weighted by molar-refractivity contribution is 5.78. The summed E-state index contributed by atoms with van der Waals surface area (Å²) in [5, 5.41) is 9.11. The third-order valence-electron chi connectivity index (χ3n) is 4.13. The van der Waals surface area contributed by atoms with Gasteiger partial charge in [0.25, 0.3) is 0 Å². The lowest BCUT2D eigenvalue weighted by molar-refractivity contribution is -0.409. The van der Waals surface area contributed by atoms with Gasteiger partial charge in [0.1, 0.15) is 0 Å². The molecule has 0 radical (unpaired) electrons. The van der Waals surface area contributed by atoms with Crippen LogP contribution in [0.1, 0.15) is 27.2 Å². The lowest BCUT2D eigenvalue weighted by atomic mass is 9.86. The number of alkyl halides is 8. The van der Waals surface area contributed by atoms with Crippen LogP contribution < -0.4 is 0 Å². The van der Waals surface area contributed by atoms with Crippen LogP contribution in [0, 0.1) is 5.41 Å². The molecule has 1 rings (SSSR count). The first-order valence-corrected chi connectivity index (χ1v) is 6.50. The largest absolute Gasteiger partial charge is 0.450 e. The van der Waals surface area contributed by atoms with Crippen molar-refractivity contribution >= 4 is 5.97 Å². The summed E-state index contributed by atoms with van der Waals surface area (Å²) in [6, 6.07) is 0. The van der Waals surface area contributed by atoms with Gasteiger partial charge in [0.05, 0.1) is 6.61 Å². The lowest BCUT2D eigenvalue weighted by Crippen LogP contribution is -2.64. The highest BCUT2D eigenvalue weighted by atomic mass is 19.4. The third kappa shape index (κ3) is 2.63. The number of ether oxygens (including phenoxy) is 2. The first-order valence-electron chi connectivity index (χ1n) is 6.50. The fourth-order valence-electron chi connectivity index (χ4n) is 1.91. The van der Waals surface area contributed by atoms with Crippen molar-refractivity contribution in [2.75, 3.05) is 6.61 Å². The van der Waals surface area contributed by atoms with Crippen molar-refractivity contribution in [3.05, 3.63) is 0 Å². The molecule has 1 aliphatic heterocycles. The molecule has 0 aromatic heterocycles. The molecule has 0 aromatic rings. The van der Waals surface area contributed by atoms with E-state index < -0.39 is 54.1 Å². The third-order valence-corrected chi connectivity index (χ3v) is 4.13. The van der Waals surface area contributed by atoms with E-state index in [9.17, 15) is 39.9 Å². The van der Waals surface area contributed by atoms with Crippen LogP contribution in [0.25, 0.3) is 0 Å². The zero-order valence-corrected chi connectivity index (χ0v) is 12.6. The molecule has 4 nitrogen and oxygen atoms in total. The Balaban J connectivity index is 3.23. The normalized spacial score (nSPS) is 33.2. The quantitative estimate of drug-likeness (QED) is 0.609. The highest BCUT2D eigenvalue weighted by Crippen LogP contribution is 2.55. The molecule has 24 heavy (non-hydrogen) atoms. The fraction of sp³-hybridized carbons (Fsp3) is 0.917. The molecule has 3 atom stereocenters. The standard InChI is InChI=1S/C12H14F8O4/c1-4-7(2,11(15,16)17)6(21)24-8(3)5-23-10(22,9(8,13)14)12(18,19)20/h22H,4-5H2,1-3H3. The van der Waals surface area contributed by atoms with Crippen molar-refractivity contribution in [2.24, 2.45) is 5.41 Å². The number of carbonyl (C=O) groups is 1. The van der Waals surface area contributed by atoms with Crippen molar-refractivity contribution < 1.29 is 54.5 Å². The topological polar surface area (TPSA) is 55.8 Å². The van der Waals surface area contributed by atoms with Gasteiger partial charge in [-0.05, 0) is 20.3 Å². The molecule has 0 bridgehead atoms. The number of aliphatic hydroxyl groups is 1. The van der Waals surface area contributed by atoms with Crippen molar-refractivity contribution in [2.45, 2.75) is 56.9 Å². The van der Waals surface area contributed by atoms with Crippen LogP contribution in [0.5, 0.6) is 0 Å². The van der Waals surface area contributed by atoms with Gasteiger partial charge in [-0.25, -0.2) is 0 Å². The smallest absolute Gasteiger partial charge is 0.449 e. The van der Waals surface area contributed by atoms with E-state index in [1.807, 2.05) is 0 Å². The molecule has 1 aliphatic rings. The molecular formula is C12H14F8O4. The van der Waals surface area contributed by atoms with E-state index in [0.717, 1.165) is 6.92 Å². The Labute approximate surface area is 130 Å². The van der Waals surface area contributed by atoms with Crippen LogP contribution in [0.3, 0.4) is 0 Å². The van der Waals surface area contributed by atoms with Gasteiger partial charge < -0.3 is 14.6 Å². The minimum absolute atomic E-state index is 0.251. The van der Waals surface area contributed by atoms with Gasteiger partial charge in [0, 0.05) is 0 Å². The van der Waals surface area contributed by atoms with Crippen LogP contribution in [0.15, 0.2) is 0 Å². The highest BCUT2D eigenvalue weighted by Gasteiger charge is 2.83. The second-order valence-electron chi connectivity index (χ2n) is 5.81. The molecule has 0 amide bonds. The summed E-state index contributed by atoms with van der Waals surface area (Å²) in [6.07, 6.45) is -12.1. The predicted octanol–water partition coefficient (Wildman–Crippen LogP) is 3.18. The fourth-order valence-corrected chi connectivity index (χ4v) is 1.91. The summed E-state index contributed by atoms with van der Waals surface area (Å²) in [4.78, 5) is 11.8. The summed E-state index contributed by atoms with van der Waals surface area (Å²) >= 11 is 0. The Morgan fingerprint density at radius 2 is 1.67 bits per heavy atom. The van der Waals surface area contributed by atoms with Gasteiger partial charge in [-0.2, -0.15) is 35.1 Å². The zero-order chi connectivity index (χ0) is 19.4. The Hall–Kier alpha value is -1.17. The van der Waals surface area contributed by atoms with Crippen LogP contribution in [0.4, 0.5) is 35.1 Å². The predicted molar refractivity (Wildman–Crippen MR) is 60.9 cm³/mol. The van der Waals surface area contributed by atoms with Gasteiger partial charge in [-0.1, -0.05) is 6.92 Å². The van der Waals surface area contributed by atoms with Crippen molar-refractivity contribution in [3.8, 4) is 0 Å². The average Bonchev–Trinajstić information content (AvgIpc) is 2.57. The molecule has 1 N–H and O–H groups in total. The molecule has 142 valence electrons. The van der Waals surface area contributed by atoms with E-state index in [1.54, 1.807) is 0 Å². The summed E-state index contributed by atoms with van der Waals surface area (Å²) in [5.41, 5.74) is -6.67. The molecule has 12 heteroatoms. The Kier molecular flexibility index (Phi) is 4.71. The van der Waals surface area contributed by atoms with Crippen LogP contribution in [0.2, 0.25) is 0 Å². The van der Waals surface area contributed by atoms with E-state index >= 15 is 0 Å². The summed E-state index contributed by atoms with van der Waals surface area (Å²) in [7, 11) is 0. The molecule has 3 unspecified atom stereocenters. The van der Waals surface area contributed by atoms with Crippen molar-refractivity contribution in [1.82, 2.24) is 0 Å². The number of carbonyl (C=O) groups excluding carboxylic acids is 1. The Morgan fingerprint density at radius 1 is 1.21 bits per heavy atom. The SMILES string of the molecule is CCC(C)(C(=O)OC1(C)COC(O)(C(F)(F)F)C1(F)F)C(F)(F)F. The van der Waals surface area contributed by atoms with Crippen molar-refractivity contribution in [1.29, 1.82) is 0 Å². The number of hydrogen-bond donors (Lipinski definition) is 1. The minimum atomic E-state index is -5.97. The summed E-state index contributed by atoms with van der Waals surface area (Å²) < 4.78 is 113. The van der Waals surface area contributed by atoms with E-state index in [1.165, 1.54) is 0 Å². The molecule has 0 spiro atoms. The number of halogens is 8. The van der Waals surface area contributed by atoms with Gasteiger partial charge in [-0.3, -0.25) is 4.79 Å². The average molecular weight is 374 g/mol. The first-order chi connectivity index (χ1) is 10.4. The van der Waals surface area contributed by atoms with E-state index in [2.05, 4.69) is 9.47 Å². The van der Waals surface area contributed by atoms with E-state index in [0.29, 0.717) is 6.92 Å². The van der Waals surface area contributed by atoms with Gasteiger partial charge in [-0.15, -0.1) is 0 Å². The van der Waals surface area contributed by atoms with Crippen LogP contribution in [-0.2, 0) is 14.3 Å². The Morgan fingerprint density at radius 3 is 1.96 bits per heavy atom. The Bertz CT molecular complexity index is 516. The molecule has 1 heterocycles. The molecule has 0 aliphatic carbocycles. The second-order valence-corrected chi connectivity index (χ2v) is 5.81. The number of rotatable bonds is 3. The maximum absolute atomic E-state index is 14.0. The zero-order valence-electron chi connectivity index (χ0n) is 12.6. The lowest BCUT2D eigenvalue weighted by Gasteiger charge is -2.38.